The third-order valence-corrected chi connectivity index (χ3v) is 2.76. The Morgan fingerprint density at radius 1 is 1.33 bits per heavy atom. The predicted octanol–water partition coefficient (Wildman–Crippen LogP) is -0.495. The van der Waals surface area contributed by atoms with Crippen molar-refractivity contribution in [3.63, 3.8) is 0 Å². The molecule has 1 fully saturated rings. The fourth-order valence-electron chi connectivity index (χ4n) is 1.69. The summed E-state index contributed by atoms with van der Waals surface area (Å²) >= 11 is 0. The van der Waals surface area contributed by atoms with Crippen LogP contribution in [0, 0.1) is 0 Å². The van der Waals surface area contributed by atoms with E-state index in [9.17, 15) is 19.2 Å². The SMILES string of the molecule is CC[C@H](NC(=O)CCN1C(=O)CCC1=O)C(=O)O. The number of likely N-dealkylation sites (tertiary alicyclic amines) is 1. The molecule has 1 aliphatic rings. The van der Waals surface area contributed by atoms with E-state index >= 15 is 0 Å². The van der Waals surface area contributed by atoms with Crippen molar-refractivity contribution in [1.29, 1.82) is 0 Å². The maximum atomic E-state index is 11.5. The number of aliphatic carboxylic acids is 1. The maximum absolute atomic E-state index is 11.5. The van der Waals surface area contributed by atoms with Crippen LogP contribution in [0.5, 0.6) is 0 Å². The van der Waals surface area contributed by atoms with E-state index in [2.05, 4.69) is 5.32 Å². The Bertz CT molecular complexity index is 364. The van der Waals surface area contributed by atoms with E-state index in [0.29, 0.717) is 0 Å². The molecule has 3 amide bonds. The molecule has 0 radical (unpaired) electrons. The van der Waals surface area contributed by atoms with E-state index in [4.69, 9.17) is 5.11 Å². The molecule has 0 bridgehead atoms. The Labute approximate surface area is 104 Å². The second kappa shape index (κ2) is 6.13. The van der Waals surface area contributed by atoms with Crippen LogP contribution in [0.25, 0.3) is 0 Å². The highest BCUT2D eigenvalue weighted by Gasteiger charge is 2.29. The molecule has 18 heavy (non-hydrogen) atoms. The zero-order chi connectivity index (χ0) is 13.7. The molecule has 7 heteroatoms. The molecular formula is C11H16N2O5. The maximum Gasteiger partial charge on any atom is 0.326 e. The third-order valence-electron chi connectivity index (χ3n) is 2.76. The Kier molecular flexibility index (Phi) is 4.82. The van der Waals surface area contributed by atoms with Crippen LogP contribution >= 0.6 is 0 Å². The summed E-state index contributed by atoms with van der Waals surface area (Å²) in [5, 5.41) is 11.1. The second-order valence-corrected chi connectivity index (χ2v) is 4.06. The Morgan fingerprint density at radius 2 is 1.89 bits per heavy atom. The van der Waals surface area contributed by atoms with Crippen molar-refractivity contribution in [1.82, 2.24) is 10.2 Å². The average Bonchev–Trinajstić information content (AvgIpc) is 2.63. The lowest BCUT2D eigenvalue weighted by Gasteiger charge is -2.15. The second-order valence-electron chi connectivity index (χ2n) is 4.06. The first-order valence-electron chi connectivity index (χ1n) is 5.81. The summed E-state index contributed by atoms with van der Waals surface area (Å²) in [6.07, 6.45) is 0.588. The van der Waals surface area contributed by atoms with Gasteiger partial charge in [0.1, 0.15) is 6.04 Å². The molecule has 0 aromatic carbocycles. The summed E-state index contributed by atoms with van der Waals surface area (Å²) in [7, 11) is 0. The van der Waals surface area contributed by atoms with E-state index in [1.165, 1.54) is 0 Å². The van der Waals surface area contributed by atoms with Gasteiger partial charge < -0.3 is 10.4 Å². The number of rotatable bonds is 6. The fourth-order valence-corrected chi connectivity index (χ4v) is 1.69. The number of nitrogens with one attached hydrogen (secondary N) is 1. The fraction of sp³-hybridized carbons (Fsp3) is 0.636. The predicted molar refractivity (Wildman–Crippen MR) is 60.4 cm³/mol. The summed E-state index contributed by atoms with van der Waals surface area (Å²) in [5.74, 6) is -2.13. The molecule has 1 atom stereocenters. The number of carboxylic acid groups (broad SMARTS) is 1. The molecule has 0 aliphatic carbocycles. The number of carbonyl (C=O) groups is 4. The molecule has 1 saturated heterocycles. The van der Waals surface area contributed by atoms with Gasteiger partial charge in [0.2, 0.25) is 17.7 Å². The van der Waals surface area contributed by atoms with Crippen molar-refractivity contribution < 1.29 is 24.3 Å². The van der Waals surface area contributed by atoms with Crippen LogP contribution in [0.2, 0.25) is 0 Å². The van der Waals surface area contributed by atoms with Crippen LogP contribution in [0.4, 0.5) is 0 Å². The van der Waals surface area contributed by atoms with Gasteiger partial charge >= 0.3 is 5.97 Å². The van der Waals surface area contributed by atoms with Gasteiger partial charge in [-0.3, -0.25) is 19.3 Å². The van der Waals surface area contributed by atoms with Gasteiger partial charge in [0.05, 0.1) is 0 Å². The van der Waals surface area contributed by atoms with Gasteiger partial charge in [-0.25, -0.2) is 4.79 Å². The zero-order valence-electron chi connectivity index (χ0n) is 10.1. The van der Waals surface area contributed by atoms with Crippen LogP contribution in [0.1, 0.15) is 32.6 Å². The molecule has 0 unspecified atom stereocenters. The quantitative estimate of drug-likeness (QED) is 0.624. The van der Waals surface area contributed by atoms with Gasteiger partial charge in [-0.05, 0) is 6.42 Å². The largest absolute Gasteiger partial charge is 0.480 e. The molecule has 100 valence electrons. The molecule has 2 N–H and O–H groups in total. The molecule has 1 aliphatic heterocycles. The van der Waals surface area contributed by atoms with E-state index in [1.807, 2.05) is 0 Å². The molecule has 0 spiro atoms. The Balaban J connectivity index is 2.39. The zero-order valence-corrected chi connectivity index (χ0v) is 10.1. The highest BCUT2D eigenvalue weighted by molar-refractivity contribution is 6.02. The van der Waals surface area contributed by atoms with E-state index in [1.54, 1.807) is 6.92 Å². The average molecular weight is 256 g/mol. The summed E-state index contributed by atoms with van der Waals surface area (Å²) in [5.41, 5.74) is 0. The van der Waals surface area contributed by atoms with Crippen LogP contribution in [0.3, 0.4) is 0 Å². The van der Waals surface area contributed by atoms with E-state index < -0.39 is 17.9 Å². The minimum atomic E-state index is -1.10. The van der Waals surface area contributed by atoms with Crippen molar-refractivity contribution >= 4 is 23.7 Å². The van der Waals surface area contributed by atoms with E-state index in [0.717, 1.165) is 4.90 Å². The highest BCUT2D eigenvalue weighted by Crippen LogP contribution is 2.11. The van der Waals surface area contributed by atoms with Crippen molar-refractivity contribution in [2.24, 2.45) is 0 Å². The van der Waals surface area contributed by atoms with Gasteiger partial charge in [-0.2, -0.15) is 0 Å². The lowest BCUT2D eigenvalue weighted by atomic mass is 10.2. The number of hydrogen-bond acceptors (Lipinski definition) is 4. The summed E-state index contributed by atoms with van der Waals surface area (Å²) in [4.78, 5) is 45.7. The van der Waals surface area contributed by atoms with Crippen LogP contribution < -0.4 is 5.32 Å². The van der Waals surface area contributed by atoms with Gasteiger partial charge in [0, 0.05) is 25.8 Å². The standard InChI is InChI=1S/C11H16N2O5/c1-2-7(11(17)18)12-8(14)5-6-13-9(15)3-4-10(13)16/h7H,2-6H2,1H3,(H,12,14)(H,17,18)/t7-/m0/s1. The summed E-state index contributed by atoms with van der Waals surface area (Å²) in [6.45, 7) is 1.66. The highest BCUT2D eigenvalue weighted by atomic mass is 16.4. The minimum Gasteiger partial charge on any atom is -0.480 e. The van der Waals surface area contributed by atoms with E-state index in [-0.39, 0.29) is 44.0 Å². The number of carboxylic acids is 1. The molecule has 0 saturated carbocycles. The first kappa shape index (κ1) is 14.1. The number of hydrogen-bond donors (Lipinski definition) is 2. The molecule has 1 heterocycles. The molecule has 7 nitrogen and oxygen atoms in total. The van der Waals surface area contributed by atoms with Crippen molar-refractivity contribution in [2.45, 2.75) is 38.6 Å². The van der Waals surface area contributed by atoms with Gasteiger partial charge in [0.25, 0.3) is 0 Å². The molecule has 1 rings (SSSR count). The van der Waals surface area contributed by atoms with Gasteiger partial charge in [-0.1, -0.05) is 6.92 Å². The topological polar surface area (TPSA) is 104 Å². The summed E-state index contributed by atoms with van der Waals surface area (Å²) in [6, 6.07) is -0.928. The first-order chi connectivity index (χ1) is 8.45. The monoisotopic (exact) mass is 256 g/mol. The summed E-state index contributed by atoms with van der Waals surface area (Å²) < 4.78 is 0. The minimum absolute atomic E-state index is 0.0134. The Hall–Kier alpha value is -1.92. The van der Waals surface area contributed by atoms with Crippen LogP contribution in [0.15, 0.2) is 0 Å². The number of nitrogens with zero attached hydrogens (tertiary/aromatic N) is 1. The lowest BCUT2D eigenvalue weighted by molar-refractivity contribution is -0.143. The number of carbonyl (C=O) groups excluding carboxylic acids is 3. The smallest absolute Gasteiger partial charge is 0.326 e. The molecule has 0 aromatic rings. The van der Waals surface area contributed by atoms with Gasteiger partial charge in [0.15, 0.2) is 0 Å². The van der Waals surface area contributed by atoms with Crippen molar-refractivity contribution in [3.8, 4) is 0 Å². The first-order valence-corrected chi connectivity index (χ1v) is 5.81. The lowest BCUT2D eigenvalue weighted by Crippen LogP contribution is -2.42. The van der Waals surface area contributed by atoms with Crippen LogP contribution in [-0.2, 0) is 19.2 Å². The third kappa shape index (κ3) is 3.54. The molecular weight excluding hydrogens is 240 g/mol. The normalized spacial score (nSPS) is 16.8. The van der Waals surface area contributed by atoms with Crippen molar-refractivity contribution in [2.75, 3.05) is 6.54 Å². The van der Waals surface area contributed by atoms with Gasteiger partial charge in [-0.15, -0.1) is 0 Å². The van der Waals surface area contributed by atoms with Crippen LogP contribution in [-0.4, -0.2) is 46.3 Å². The molecule has 0 aromatic heterocycles. The number of amides is 3. The Morgan fingerprint density at radius 3 is 2.33 bits per heavy atom. The van der Waals surface area contributed by atoms with Crippen molar-refractivity contribution in [3.05, 3.63) is 0 Å². The number of imide groups is 1.